The molecule has 0 aliphatic carbocycles. The van der Waals surface area contributed by atoms with E-state index in [9.17, 15) is 14.4 Å². The van der Waals surface area contributed by atoms with E-state index in [0.717, 1.165) is 5.56 Å². The molecule has 160 valence electrons. The second-order valence-electron chi connectivity index (χ2n) is 6.40. The van der Waals surface area contributed by atoms with Gasteiger partial charge in [0.2, 0.25) is 5.91 Å². The van der Waals surface area contributed by atoms with Gasteiger partial charge in [0.05, 0.1) is 12.7 Å². The van der Waals surface area contributed by atoms with Crippen LogP contribution in [0.4, 0.5) is 0 Å². The Balaban J connectivity index is 1.91. The number of nitrogens with one attached hydrogen (secondary N) is 2. The Morgan fingerprint density at radius 3 is 2.43 bits per heavy atom. The summed E-state index contributed by atoms with van der Waals surface area (Å²) in [5.74, 6) is -0.727. The fourth-order valence-electron chi connectivity index (χ4n) is 2.54. The Morgan fingerprint density at radius 1 is 1.03 bits per heavy atom. The van der Waals surface area contributed by atoms with Crippen molar-refractivity contribution in [3.8, 4) is 11.5 Å². The molecule has 0 unspecified atom stereocenters. The van der Waals surface area contributed by atoms with E-state index in [1.54, 1.807) is 19.9 Å². The number of amides is 2. The molecule has 0 radical (unpaired) electrons. The number of hydrogen-bond donors (Lipinski definition) is 2. The van der Waals surface area contributed by atoms with E-state index in [4.69, 9.17) is 14.2 Å². The molecule has 0 aliphatic heterocycles. The Labute approximate surface area is 175 Å². The van der Waals surface area contributed by atoms with Crippen molar-refractivity contribution in [1.82, 2.24) is 10.6 Å². The highest BCUT2D eigenvalue weighted by molar-refractivity contribution is 5.93. The normalized spacial score (nSPS) is 11.2. The molecule has 8 heteroatoms. The maximum Gasteiger partial charge on any atom is 0.338 e. The standard InChI is InChI=1S/C22H26N2O6/c1-4-23-21(26)15(2)24-20(25)14-30-22(27)17-10-11-18(19(12-17)28-3)29-13-16-8-6-5-7-9-16/h5-12,15H,4,13-14H2,1-3H3,(H,23,26)(H,24,25)/t15-/m0/s1. The van der Waals surface area contributed by atoms with Crippen LogP contribution in [-0.2, 0) is 20.9 Å². The third kappa shape index (κ3) is 6.80. The van der Waals surface area contributed by atoms with E-state index in [2.05, 4.69) is 10.6 Å². The van der Waals surface area contributed by atoms with Gasteiger partial charge in [-0.3, -0.25) is 9.59 Å². The van der Waals surface area contributed by atoms with Crippen LogP contribution in [0.1, 0.15) is 29.8 Å². The molecular formula is C22H26N2O6. The zero-order chi connectivity index (χ0) is 21.9. The number of benzene rings is 2. The van der Waals surface area contributed by atoms with Gasteiger partial charge in [-0.15, -0.1) is 0 Å². The number of hydrogen-bond acceptors (Lipinski definition) is 6. The third-order valence-corrected chi connectivity index (χ3v) is 4.09. The summed E-state index contributed by atoms with van der Waals surface area (Å²) in [7, 11) is 1.47. The van der Waals surface area contributed by atoms with Crippen LogP contribution in [0.3, 0.4) is 0 Å². The molecule has 1 atom stereocenters. The van der Waals surface area contributed by atoms with Gasteiger partial charge in [0, 0.05) is 6.54 Å². The smallest absolute Gasteiger partial charge is 0.338 e. The first-order valence-corrected chi connectivity index (χ1v) is 9.53. The Bertz CT molecular complexity index is 869. The summed E-state index contributed by atoms with van der Waals surface area (Å²) in [6, 6.07) is 13.5. The quantitative estimate of drug-likeness (QED) is 0.577. The molecule has 2 aromatic rings. The molecule has 30 heavy (non-hydrogen) atoms. The van der Waals surface area contributed by atoms with Gasteiger partial charge >= 0.3 is 5.97 Å². The van der Waals surface area contributed by atoms with Crippen LogP contribution >= 0.6 is 0 Å². The predicted molar refractivity (Wildman–Crippen MR) is 110 cm³/mol. The molecule has 0 bridgehead atoms. The van der Waals surface area contributed by atoms with Gasteiger partial charge in [-0.05, 0) is 37.6 Å². The minimum Gasteiger partial charge on any atom is -0.493 e. The second kappa shape index (κ2) is 11.5. The summed E-state index contributed by atoms with van der Waals surface area (Å²) in [6.07, 6.45) is 0. The minimum absolute atomic E-state index is 0.212. The summed E-state index contributed by atoms with van der Waals surface area (Å²) >= 11 is 0. The van der Waals surface area contributed by atoms with E-state index in [1.807, 2.05) is 30.3 Å². The highest BCUT2D eigenvalue weighted by atomic mass is 16.5. The molecule has 0 saturated heterocycles. The number of methoxy groups -OCH3 is 1. The molecule has 2 N–H and O–H groups in total. The number of carbonyl (C=O) groups excluding carboxylic acids is 3. The molecular weight excluding hydrogens is 388 g/mol. The number of carbonyl (C=O) groups is 3. The van der Waals surface area contributed by atoms with E-state index >= 15 is 0 Å². The topological polar surface area (TPSA) is 103 Å². The third-order valence-electron chi connectivity index (χ3n) is 4.09. The maximum absolute atomic E-state index is 12.3. The first-order chi connectivity index (χ1) is 14.4. The van der Waals surface area contributed by atoms with Crippen molar-refractivity contribution in [2.75, 3.05) is 20.3 Å². The Kier molecular flexibility index (Phi) is 8.68. The minimum atomic E-state index is -0.725. The fourth-order valence-corrected chi connectivity index (χ4v) is 2.54. The van der Waals surface area contributed by atoms with Gasteiger partial charge in [-0.1, -0.05) is 30.3 Å². The average molecular weight is 414 g/mol. The molecule has 0 aromatic heterocycles. The number of rotatable bonds is 10. The molecule has 2 rings (SSSR count). The van der Waals surface area contributed by atoms with Crippen molar-refractivity contribution in [3.05, 3.63) is 59.7 Å². The molecule has 0 aliphatic rings. The van der Waals surface area contributed by atoms with E-state index in [0.29, 0.717) is 24.7 Å². The molecule has 0 saturated carbocycles. The zero-order valence-electron chi connectivity index (χ0n) is 17.3. The monoisotopic (exact) mass is 414 g/mol. The van der Waals surface area contributed by atoms with Gasteiger partial charge in [-0.25, -0.2) is 4.79 Å². The summed E-state index contributed by atoms with van der Waals surface area (Å²) in [4.78, 5) is 35.8. The maximum atomic E-state index is 12.3. The van der Waals surface area contributed by atoms with Crippen LogP contribution in [0.5, 0.6) is 11.5 Å². The predicted octanol–water partition coefficient (Wildman–Crippen LogP) is 2.07. The van der Waals surface area contributed by atoms with Crippen LogP contribution in [0.25, 0.3) is 0 Å². The SMILES string of the molecule is CCNC(=O)[C@H](C)NC(=O)COC(=O)c1ccc(OCc2ccccc2)c(OC)c1. The van der Waals surface area contributed by atoms with Crippen molar-refractivity contribution in [2.24, 2.45) is 0 Å². The summed E-state index contributed by atoms with van der Waals surface area (Å²) in [6.45, 7) is 3.63. The summed E-state index contributed by atoms with van der Waals surface area (Å²) < 4.78 is 16.1. The fraction of sp³-hybridized carbons (Fsp3) is 0.318. The second-order valence-corrected chi connectivity index (χ2v) is 6.40. The van der Waals surface area contributed by atoms with Crippen molar-refractivity contribution >= 4 is 17.8 Å². The van der Waals surface area contributed by atoms with Crippen LogP contribution in [0.2, 0.25) is 0 Å². The number of esters is 1. The van der Waals surface area contributed by atoms with E-state index in [-0.39, 0.29) is 11.5 Å². The van der Waals surface area contributed by atoms with Crippen LogP contribution < -0.4 is 20.1 Å². The van der Waals surface area contributed by atoms with Gasteiger partial charge < -0.3 is 24.8 Å². The lowest BCUT2D eigenvalue weighted by molar-refractivity contribution is -0.130. The first kappa shape index (κ1) is 22.7. The lowest BCUT2D eigenvalue weighted by Gasteiger charge is -2.14. The molecule has 2 amide bonds. The average Bonchev–Trinajstić information content (AvgIpc) is 2.76. The Morgan fingerprint density at radius 2 is 1.77 bits per heavy atom. The van der Waals surface area contributed by atoms with Crippen LogP contribution in [-0.4, -0.2) is 44.1 Å². The summed E-state index contributed by atoms with van der Waals surface area (Å²) in [5, 5.41) is 5.06. The van der Waals surface area contributed by atoms with Crippen molar-refractivity contribution < 1.29 is 28.6 Å². The first-order valence-electron chi connectivity index (χ1n) is 9.53. The molecule has 0 spiro atoms. The van der Waals surface area contributed by atoms with E-state index < -0.39 is 24.5 Å². The van der Waals surface area contributed by atoms with Crippen LogP contribution in [0.15, 0.2) is 48.5 Å². The number of likely N-dealkylation sites (N-methyl/N-ethyl adjacent to an activating group) is 1. The lowest BCUT2D eigenvalue weighted by Crippen LogP contribution is -2.46. The lowest BCUT2D eigenvalue weighted by atomic mass is 10.2. The highest BCUT2D eigenvalue weighted by Gasteiger charge is 2.17. The van der Waals surface area contributed by atoms with Crippen LogP contribution in [0, 0.1) is 0 Å². The van der Waals surface area contributed by atoms with Gasteiger partial charge in [0.1, 0.15) is 12.6 Å². The summed E-state index contributed by atoms with van der Waals surface area (Å²) in [5.41, 5.74) is 1.21. The molecule has 0 fully saturated rings. The van der Waals surface area contributed by atoms with Gasteiger partial charge in [-0.2, -0.15) is 0 Å². The van der Waals surface area contributed by atoms with Crippen molar-refractivity contribution in [2.45, 2.75) is 26.5 Å². The van der Waals surface area contributed by atoms with Crippen molar-refractivity contribution in [3.63, 3.8) is 0 Å². The molecule has 2 aromatic carbocycles. The molecule has 8 nitrogen and oxygen atoms in total. The highest BCUT2D eigenvalue weighted by Crippen LogP contribution is 2.29. The van der Waals surface area contributed by atoms with Gasteiger partial charge in [0.25, 0.3) is 5.91 Å². The zero-order valence-corrected chi connectivity index (χ0v) is 17.3. The Hall–Kier alpha value is -3.55. The van der Waals surface area contributed by atoms with Crippen molar-refractivity contribution in [1.29, 1.82) is 0 Å². The number of ether oxygens (including phenoxy) is 3. The molecule has 0 heterocycles. The van der Waals surface area contributed by atoms with Gasteiger partial charge in [0.15, 0.2) is 18.1 Å². The largest absolute Gasteiger partial charge is 0.493 e. The van der Waals surface area contributed by atoms with E-state index in [1.165, 1.54) is 19.2 Å².